The van der Waals surface area contributed by atoms with E-state index in [4.69, 9.17) is 5.73 Å². The molecule has 0 aliphatic carbocycles. The molecule has 0 aliphatic rings. The molecule has 3 heteroatoms. The lowest BCUT2D eigenvalue weighted by atomic mass is 10.0. The molecule has 1 atom stereocenters. The molecule has 90 valence electrons. The first-order chi connectivity index (χ1) is 8.06. The second-order valence-corrected chi connectivity index (χ2v) is 5.78. The number of aromatic nitrogens is 1. The first kappa shape index (κ1) is 12.3. The molecule has 17 heavy (non-hydrogen) atoms. The maximum absolute atomic E-state index is 6.20. The first-order valence-corrected chi connectivity index (χ1v) is 6.62. The van der Waals surface area contributed by atoms with Gasteiger partial charge in [0.2, 0.25) is 0 Å². The van der Waals surface area contributed by atoms with Crippen LogP contribution in [0, 0.1) is 20.8 Å². The summed E-state index contributed by atoms with van der Waals surface area (Å²) in [6, 6.07) is 6.61. The molecule has 0 fully saturated rings. The van der Waals surface area contributed by atoms with Crippen LogP contribution in [0.2, 0.25) is 0 Å². The zero-order valence-corrected chi connectivity index (χ0v) is 11.3. The van der Waals surface area contributed by atoms with E-state index in [-0.39, 0.29) is 6.04 Å². The van der Waals surface area contributed by atoms with Crippen molar-refractivity contribution in [2.45, 2.75) is 33.2 Å². The highest BCUT2D eigenvalue weighted by Gasteiger charge is 2.10. The molecule has 2 aromatic rings. The van der Waals surface area contributed by atoms with E-state index in [0.29, 0.717) is 0 Å². The fourth-order valence-corrected chi connectivity index (χ4v) is 2.62. The molecule has 0 amide bonds. The lowest BCUT2D eigenvalue weighted by molar-refractivity contribution is 0.734. The highest BCUT2D eigenvalue weighted by Crippen LogP contribution is 2.22. The number of benzene rings is 1. The van der Waals surface area contributed by atoms with Crippen LogP contribution in [0.1, 0.15) is 32.6 Å². The maximum atomic E-state index is 6.20. The summed E-state index contributed by atoms with van der Waals surface area (Å²) in [6.07, 6.45) is 2.77. The van der Waals surface area contributed by atoms with E-state index >= 15 is 0 Å². The van der Waals surface area contributed by atoms with Crippen molar-refractivity contribution in [1.29, 1.82) is 0 Å². The van der Waals surface area contributed by atoms with Gasteiger partial charge in [-0.2, -0.15) is 0 Å². The van der Waals surface area contributed by atoms with Crippen LogP contribution < -0.4 is 5.73 Å². The molecule has 1 aromatic carbocycles. The van der Waals surface area contributed by atoms with Crippen molar-refractivity contribution in [3.8, 4) is 0 Å². The largest absolute Gasteiger partial charge is 0.323 e. The lowest BCUT2D eigenvalue weighted by Gasteiger charge is -2.10. The van der Waals surface area contributed by atoms with Gasteiger partial charge in [0, 0.05) is 17.1 Å². The fourth-order valence-electron chi connectivity index (χ4n) is 1.83. The molecule has 2 rings (SSSR count). The maximum Gasteiger partial charge on any atom is 0.0897 e. The Hall–Kier alpha value is -1.19. The van der Waals surface area contributed by atoms with Gasteiger partial charge in [-0.3, -0.25) is 0 Å². The zero-order chi connectivity index (χ0) is 12.4. The third-order valence-corrected chi connectivity index (χ3v) is 4.08. The van der Waals surface area contributed by atoms with Crippen LogP contribution in [-0.4, -0.2) is 4.98 Å². The molecule has 0 spiro atoms. The minimum Gasteiger partial charge on any atom is -0.323 e. The van der Waals surface area contributed by atoms with Crippen LogP contribution in [-0.2, 0) is 6.42 Å². The van der Waals surface area contributed by atoms with E-state index in [1.165, 1.54) is 21.6 Å². The summed E-state index contributed by atoms with van der Waals surface area (Å²) in [6.45, 7) is 6.28. The van der Waals surface area contributed by atoms with Gasteiger partial charge in [0.15, 0.2) is 0 Å². The van der Waals surface area contributed by atoms with E-state index in [0.717, 1.165) is 11.4 Å². The molecule has 1 unspecified atom stereocenters. The van der Waals surface area contributed by atoms with Gasteiger partial charge in [0.05, 0.1) is 5.01 Å². The van der Waals surface area contributed by atoms with Crippen LogP contribution in [0.15, 0.2) is 24.4 Å². The second-order valence-electron chi connectivity index (χ2n) is 4.51. The molecule has 0 saturated carbocycles. The topological polar surface area (TPSA) is 38.9 Å². The first-order valence-electron chi connectivity index (χ1n) is 5.80. The normalized spacial score (nSPS) is 12.7. The Morgan fingerprint density at radius 1 is 1.24 bits per heavy atom. The highest BCUT2D eigenvalue weighted by atomic mass is 32.1. The van der Waals surface area contributed by atoms with Crippen LogP contribution in [0.4, 0.5) is 0 Å². The van der Waals surface area contributed by atoms with Gasteiger partial charge in [-0.05, 0) is 43.9 Å². The summed E-state index contributed by atoms with van der Waals surface area (Å²) in [5, 5.41) is 1.08. The third kappa shape index (κ3) is 2.93. The number of rotatable bonds is 3. The van der Waals surface area contributed by atoms with Crippen LogP contribution >= 0.6 is 11.3 Å². The smallest absolute Gasteiger partial charge is 0.0897 e. The van der Waals surface area contributed by atoms with Crippen molar-refractivity contribution in [2.75, 3.05) is 0 Å². The van der Waals surface area contributed by atoms with Crippen molar-refractivity contribution < 1.29 is 0 Å². The van der Waals surface area contributed by atoms with E-state index in [2.05, 4.69) is 37.0 Å². The summed E-state index contributed by atoms with van der Waals surface area (Å²) in [5.74, 6) is 0. The van der Waals surface area contributed by atoms with Crippen LogP contribution in [0.3, 0.4) is 0 Å². The zero-order valence-electron chi connectivity index (χ0n) is 10.5. The van der Waals surface area contributed by atoms with E-state index in [1.54, 1.807) is 11.3 Å². The summed E-state index contributed by atoms with van der Waals surface area (Å²) < 4.78 is 0. The van der Waals surface area contributed by atoms with Crippen LogP contribution in [0.5, 0.6) is 0 Å². The predicted molar refractivity (Wildman–Crippen MR) is 73.4 cm³/mol. The molecule has 1 heterocycles. The Balaban J connectivity index is 2.12. The molecule has 0 radical (unpaired) electrons. The second kappa shape index (κ2) is 4.98. The van der Waals surface area contributed by atoms with Gasteiger partial charge < -0.3 is 5.73 Å². The lowest BCUT2D eigenvalue weighted by Crippen LogP contribution is -2.11. The minimum atomic E-state index is 0.0586. The summed E-state index contributed by atoms with van der Waals surface area (Å²) in [4.78, 5) is 5.42. The molecule has 1 aromatic heterocycles. The summed E-state index contributed by atoms with van der Waals surface area (Å²) in [7, 11) is 0. The Labute approximate surface area is 107 Å². The molecule has 2 N–H and O–H groups in total. The monoisotopic (exact) mass is 246 g/mol. The standard InChI is InChI=1S/C14H18N2S/c1-9-4-5-12(6-10(9)2)7-13(15)14-8-16-11(3)17-14/h4-6,8,13H,7,15H2,1-3H3. The predicted octanol–water partition coefficient (Wildman–Crippen LogP) is 3.31. The number of hydrogen-bond donors (Lipinski definition) is 1. The van der Waals surface area contributed by atoms with Crippen molar-refractivity contribution in [3.63, 3.8) is 0 Å². The van der Waals surface area contributed by atoms with Gasteiger partial charge in [-0.1, -0.05) is 18.2 Å². The van der Waals surface area contributed by atoms with Crippen molar-refractivity contribution in [2.24, 2.45) is 5.73 Å². The number of hydrogen-bond acceptors (Lipinski definition) is 3. The van der Waals surface area contributed by atoms with Gasteiger partial charge in [-0.25, -0.2) is 4.98 Å². The number of nitrogens with two attached hydrogens (primary N) is 1. The Morgan fingerprint density at radius 3 is 2.59 bits per heavy atom. The molecule has 2 nitrogen and oxygen atoms in total. The molecule has 0 saturated heterocycles. The molecule has 0 aliphatic heterocycles. The SMILES string of the molecule is Cc1ncc(C(N)Cc2ccc(C)c(C)c2)s1. The third-order valence-electron chi connectivity index (χ3n) is 3.03. The van der Waals surface area contributed by atoms with E-state index in [9.17, 15) is 0 Å². The number of nitrogens with zero attached hydrogens (tertiary/aromatic N) is 1. The Kier molecular flexibility index (Phi) is 3.60. The van der Waals surface area contributed by atoms with Crippen LogP contribution in [0.25, 0.3) is 0 Å². The van der Waals surface area contributed by atoms with Crippen molar-refractivity contribution in [3.05, 3.63) is 51.0 Å². The average Bonchev–Trinajstić information content (AvgIpc) is 2.70. The minimum absolute atomic E-state index is 0.0586. The summed E-state index contributed by atoms with van der Waals surface area (Å²) in [5.41, 5.74) is 10.2. The van der Waals surface area contributed by atoms with Gasteiger partial charge in [0.25, 0.3) is 0 Å². The molecule has 0 bridgehead atoms. The van der Waals surface area contributed by atoms with E-state index in [1.807, 2.05) is 13.1 Å². The number of thiazole rings is 1. The number of aryl methyl sites for hydroxylation is 3. The van der Waals surface area contributed by atoms with Gasteiger partial charge in [-0.15, -0.1) is 11.3 Å². The molecular weight excluding hydrogens is 228 g/mol. The Morgan fingerprint density at radius 2 is 2.00 bits per heavy atom. The highest BCUT2D eigenvalue weighted by molar-refractivity contribution is 7.11. The Bertz CT molecular complexity index is 517. The molecular formula is C14H18N2S. The van der Waals surface area contributed by atoms with E-state index < -0.39 is 0 Å². The van der Waals surface area contributed by atoms with Gasteiger partial charge >= 0.3 is 0 Å². The average molecular weight is 246 g/mol. The quantitative estimate of drug-likeness (QED) is 0.902. The van der Waals surface area contributed by atoms with Crippen molar-refractivity contribution >= 4 is 11.3 Å². The van der Waals surface area contributed by atoms with Crippen molar-refractivity contribution in [1.82, 2.24) is 4.98 Å². The fraction of sp³-hybridized carbons (Fsp3) is 0.357. The van der Waals surface area contributed by atoms with Gasteiger partial charge in [0.1, 0.15) is 0 Å². The summed E-state index contributed by atoms with van der Waals surface area (Å²) >= 11 is 1.69.